The van der Waals surface area contributed by atoms with Gasteiger partial charge in [-0.15, -0.1) is 22.7 Å². The lowest BCUT2D eigenvalue weighted by Gasteiger charge is -2.17. The first-order valence-corrected chi connectivity index (χ1v) is 8.94. The van der Waals surface area contributed by atoms with Gasteiger partial charge in [0, 0.05) is 14.3 Å². The lowest BCUT2D eigenvalue weighted by atomic mass is 10.00. The summed E-state index contributed by atoms with van der Waals surface area (Å²) in [7, 11) is 0. The van der Waals surface area contributed by atoms with Gasteiger partial charge in [0.2, 0.25) is 0 Å². The third kappa shape index (κ3) is 2.42. The molecule has 0 saturated heterocycles. The fourth-order valence-corrected chi connectivity index (χ4v) is 5.11. The number of thiophene rings is 2. The largest absolute Gasteiger partial charge is 0.372 e. The van der Waals surface area contributed by atoms with E-state index >= 15 is 0 Å². The normalized spacial score (nSPS) is 15.5. The Kier molecular flexibility index (Phi) is 3.55. The van der Waals surface area contributed by atoms with Gasteiger partial charge in [-0.25, -0.2) is 0 Å². The Hall–Kier alpha value is -1.20. The highest BCUT2D eigenvalue weighted by Crippen LogP contribution is 2.36. The molecule has 3 heterocycles. The fourth-order valence-electron chi connectivity index (χ4n) is 2.89. The second kappa shape index (κ2) is 5.54. The summed E-state index contributed by atoms with van der Waals surface area (Å²) in [5, 5.41) is 5.80. The maximum Gasteiger partial charge on any atom is 0.0725 e. The first-order valence-electron chi connectivity index (χ1n) is 7.25. The fraction of sp³-hybridized carbons (Fsp3) is 0.294. The van der Waals surface area contributed by atoms with Crippen LogP contribution in [0.4, 0.5) is 0 Å². The van der Waals surface area contributed by atoms with Crippen molar-refractivity contribution in [3.8, 4) is 0 Å². The first kappa shape index (κ1) is 13.5. The van der Waals surface area contributed by atoms with Crippen LogP contribution in [0, 0.1) is 0 Å². The number of hydrogen-bond acceptors (Lipinski definition) is 4. The second-order valence-corrected chi connectivity index (χ2v) is 7.37. The number of nitrogens with one attached hydrogen (secondary N) is 1. The maximum absolute atomic E-state index is 5.53. The van der Waals surface area contributed by atoms with E-state index in [9.17, 15) is 0 Å². The van der Waals surface area contributed by atoms with Gasteiger partial charge >= 0.3 is 0 Å². The molecule has 0 amide bonds. The van der Waals surface area contributed by atoms with Gasteiger partial charge in [-0.1, -0.05) is 25.1 Å². The molecule has 2 nitrogen and oxygen atoms in total. The average Bonchev–Trinajstić information content (AvgIpc) is 3.18. The predicted octanol–water partition coefficient (Wildman–Crippen LogP) is 4.69. The molecule has 1 aromatic carbocycles. The van der Waals surface area contributed by atoms with E-state index in [1.807, 2.05) is 22.7 Å². The summed E-state index contributed by atoms with van der Waals surface area (Å²) in [6.45, 7) is 4.64. The summed E-state index contributed by atoms with van der Waals surface area (Å²) in [5.41, 5.74) is 4.02. The monoisotopic (exact) mass is 315 g/mol. The molecule has 4 heteroatoms. The van der Waals surface area contributed by atoms with Crippen molar-refractivity contribution in [2.75, 3.05) is 6.54 Å². The molecule has 0 radical (unpaired) electrons. The number of benzene rings is 1. The molecule has 0 aliphatic carbocycles. The van der Waals surface area contributed by atoms with Gasteiger partial charge in [0.05, 0.1) is 19.3 Å². The lowest BCUT2D eigenvalue weighted by molar-refractivity contribution is 0.134. The third-order valence-corrected chi connectivity index (χ3v) is 6.09. The summed E-state index contributed by atoms with van der Waals surface area (Å²) in [5.74, 6) is 0. The molecule has 0 fully saturated rings. The second-order valence-electron chi connectivity index (χ2n) is 5.31. The molecule has 1 N–H and O–H groups in total. The lowest BCUT2D eigenvalue weighted by Crippen LogP contribution is -2.21. The molecule has 0 bridgehead atoms. The molecule has 21 heavy (non-hydrogen) atoms. The van der Waals surface area contributed by atoms with Crippen LogP contribution < -0.4 is 5.32 Å². The average molecular weight is 315 g/mol. The van der Waals surface area contributed by atoms with Crippen LogP contribution in [-0.4, -0.2) is 6.54 Å². The molecular weight excluding hydrogens is 298 g/mol. The Morgan fingerprint density at radius 1 is 1.14 bits per heavy atom. The molecule has 108 valence electrons. The summed E-state index contributed by atoms with van der Waals surface area (Å²) in [6, 6.07) is 11.6. The summed E-state index contributed by atoms with van der Waals surface area (Å²) in [6.07, 6.45) is 0. The molecular formula is C17H17NOS2. The van der Waals surface area contributed by atoms with Gasteiger partial charge in [0.25, 0.3) is 0 Å². The summed E-state index contributed by atoms with van der Waals surface area (Å²) < 4.78 is 8.32. The van der Waals surface area contributed by atoms with Crippen molar-refractivity contribution in [2.45, 2.75) is 26.2 Å². The van der Waals surface area contributed by atoms with E-state index in [2.05, 4.69) is 48.0 Å². The van der Waals surface area contributed by atoms with Crippen LogP contribution in [0.15, 0.2) is 35.7 Å². The van der Waals surface area contributed by atoms with Gasteiger partial charge in [-0.05, 0) is 40.7 Å². The minimum absolute atomic E-state index is 0.283. The SMILES string of the molecule is CCNC(c1ccc2c(c1)COC2)c1cc2sccc2s1. The molecule has 1 aliphatic rings. The zero-order valence-corrected chi connectivity index (χ0v) is 13.5. The van der Waals surface area contributed by atoms with Crippen LogP contribution in [0.25, 0.3) is 9.40 Å². The van der Waals surface area contributed by atoms with Crippen molar-refractivity contribution in [2.24, 2.45) is 0 Å². The molecule has 0 saturated carbocycles. The van der Waals surface area contributed by atoms with Crippen LogP contribution >= 0.6 is 22.7 Å². The van der Waals surface area contributed by atoms with Gasteiger partial charge < -0.3 is 10.1 Å². The van der Waals surface area contributed by atoms with Gasteiger partial charge in [0.1, 0.15) is 0 Å². The third-order valence-electron chi connectivity index (χ3n) is 3.93. The van der Waals surface area contributed by atoms with Crippen molar-refractivity contribution in [1.29, 1.82) is 0 Å². The quantitative estimate of drug-likeness (QED) is 0.754. The van der Waals surface area contributed by atoms with Crippen LogP contribution in [0.1, 0.15) is 34.5 Å². The highest BCUT2D eigenvalue weighted by atomic mass is 32.1. The van der Waals surface area contributed by atoms with Gasteiger partial charge in [0.15, 0.2) is 0 Å². The van der Waals surface area contributed by atoms with Crippen molar-refractivity contribution in [3.05, 3.63) is 57.3 Å². The van der Waals surface area contributed by atoms with E-state index in [4.69, 9.17) is 4.74 Å². The minimum Gasteiger partial charge on any atom is -0.372 e. The Morgan fingerprint density at radius 3 is 2.90 bits per heavy atom. The summed E-state index contributed by atoms with van der Waals surface area (Å²) >= 11 is 3.72. The number of rotatable bonds is 4. The maximum atomic E-state index is 5.53. The van der Waals surface area contributed by atoms with Crippen LogP contribution in [0.2, 0.25) is 0 Å². The van der Waals surface area contributed by atoms with Crippen molar-refractivity contribution < 1.29 is 4.74 Å². The van der Waals surface area contributed by atoms with Crippen molar-refractivity contribution >= 4 is 32.1 Å². The molecule has 0 spiro atoms. The van der Waals surface area contributed by atoms with Crippen LogP contribution in [0.5, 0.6) is 0 Å². The highest BCUT2D eigenvalue weighted by Gasteiger charge is 2.19. The summed E-state index contributed by atoms with van der Waals surface area (Å²) in [4.78, 5) is 1.40. The van der Waals surface area contributed by atoms with E-state index in [0.29, 0.717) is 0 Å². The van der Waals surface area contributed by atoms with E-state index in [1.165, 1.54) is 31.0 Å². The zero-order chi connectivity index (χ0) is 14.2. The number of fused-ring (bicyclic) bond motifs is 2. The molecule has 4 rings (SSSR count). The van der Waals surface area contributed by atoms with E-state index in [0.717, 1.165) is 19.8 Å². The van der Waals surface area contributed by atoms with Crippen LogP contribution in [0.3, 0.4) is 0 Å². The Labute approximate surface area is 132 Å². The van der Waals surface area contributed by atoms with Gasteiger partial charge in [-0.2, -0.15) is 0 Å². The highest BCUT2D eigenvalue weighted by molar-refractivity contribution is 7.27. The van der Waals surface area contributed by atoms with E-state index in [-0.39, 0.29) is 6.04 Å². The van der Waals surface area contributed by atoms with Crippen molar-refractivity contribution in [3.63, 3.8) is 0 Å². The topological polar surface area (TPSA) is 21.3 Å². The van der Waals surface area contributed by atoms with Gasteiger partial charge in [-0.3, -0.25) is 0 Å². The minimum atomic E-state index is 0.283. The molecule has 1 aliphatic heterocycles. The molecule has 1 unspecified atom stereocenters. The number of hydrogen-bond donors (Lipinski definition) is 1. The predicted molar refractivity (Wildman–Crippen MR) is 90.2 cm³/mol. The zero-order valence-electron chi connectivity index (χ0n) is 11.9. The molecule has 2 aromatic heterocycles. The Bertz CT molecular complexity index is 746. The number of ether oxygens (including phenoxy) is 1. The molecule has 1 atom stereocenters. The first-order chi connectivity index (χ1) is 10.3. The van der Waals surface area contributed by atoms with E-state index in [1.54, 1.807) is 0 Å². The van der Waals surface area contributed by atoms with Crippen LogP contribution in [-0.2, 0) is 18.0 Å². The standard InChI is InChI=1S/C17H17NOS2/c1-2-18-17(16-8-15-14(21-16)5-6-20-15)11-3-4-12-9-19-10-13(12)7-11/h3-8,17-18H,2,9-10H2,1H3. The Morgan fingerprint density at radius 2 is 2.05 bits per heavy atom. The van der Waals surface area contributed by atoms with E-state index < -0.39 is 0 Å². The van der Waals surface area contributed by atoms with Crippen molar-refractivity contribution in [1.82, 2.24) is 5.32 Å². The smallest absolute Gasteiger partial charge is 0.0725 e. The Balaban J connectivity index is 1.75. The molecule has 3 aromatic rings.